The van der Waals surface area contributed by atoms with Gasteiger partial charge in [-0.1, -0.05) is 17.4 Å². The van der Waals surface area contributed by atoms with Gasteiger partial charge in [-0.3, -0.25) is 4.79 Å². The summed E-state index contributed by atoms with van der Waals surface area (Å²) in [4.78, 5) is 17.4. The Labute approximate surface area is 165 Å². The highest BCUT2D eigenvalue weighted by Gasteiger charge is 2.12. The molecule has 1 heterocycles. The molecule has 1 aromatic heterocycles. The largest absolute Gasteiger partial charge is 0.497 e. The molecule has 0 N–H and O–H groups in total. The van der Waals surface area contributed by atoms with Gasteiger partial charge in [0.15, 0.2) is 4.80 Å². The third kappa shape index (κ3) is 4.40. The molecular formula is C20H21FN2O4S. The van der Waals surface area contributed by atoms with E-state index in [0.29, 0.717) is 35.0 Å². The lowest BCUT2D eigenvalue weighted by atomic mass is 10.1. The molecule has 1 amide bonds. The van der Waals surface area contributed by atoms with Crippen LogP contribution in [0.4, 0.5) is 4.39 Å². The van der Waals surface area contributed by atoms with Crippen LogP contribution in [-0.4, -0.2) is 38.4 Å². The van der Waals surface area contributed by atoms with Crippen molar-refractivity contribution in [2.24, 2.45) is 4.99 Å². The Balaban J connectivity index is 1.96. The molecule has 6 nitrogen and oxygen atoms in total. The molecule has 0 atom stereocenters. The number of benzene rings is 2. The monoisotopic (exact) mass is 404 g/mol. The molecule has 0 unspecified atom stereocenters. The molecule has 0 saturated carbocycles. The number of hydrogen-bond acceptors (Lipinski definition) is 5. The summed E-state index contributed by atoms with van der Waals surface area (Å²) in [6.07, 6.45) is 0.0834. The van der Waals surface area contributed by atoms with Gasteiger partial charge < -0.3 is 18.8 Å². The minimum absolute atomic E-state index is 0.0834. The van der Waals surface area contributed by atoms with E-state index in [-0.39, 0.29) is 18.1 Å². The summed E-state index contributed by atoms with van der Waals surface area (Å²) in [5.41, 5.74) is 1.53. The molecule has 148 valence electrons. The van der Waals surface area contributed by atoms with Crippen molar-refractivity contribution in [1.29, 1.82) is 0 Å². The van der Waals surface area contributed by atoms with Crippen LogP contribution in [0.25, 0.3) is 10.2 Å². The number of methoxy groups -OCH3 is 3. The fourth-order valence-corrected chi connectivity index (χ4v) is 3.94. The minimum Gasteiger partial charge on any atom is -0.497 e. The number of hydrogen-bond donors (Lipinski definition) is 0. The van der Waals surface area contributed by atoms with E-state index >= 15 is 0 Å². The Morgan fingerprint density at radius 2 is 1.96 bits per heavy atom. The Hall–Kier alpha value is -2.71. The van der Waals surface area contributed by atoms with Gasteiger partial charge in [0.25, 0.3) is 5.91 Å². The van der Waals surface area contributed by atoms with E-state index in [9.17, 15) is 9.18 Å². The number of nitrogens with zero attached hydrogens (tertiary/aromatic N) is 2. The molecule has 0 aliphatic carbocycles. The van der Waals surface area contributed by atoms with Crippen LogP contribution in [-0.2, 0) is 22.5 Å². The van der Waals surface area contributed by atoms with Gasteiger partial charge in [-0.05, 0) is 24.3 Å². The van der Waals surface area contributed by atoms with Gasteiger partial charge in [0.1, 0.15) is 17.3 Å². The van der Waals surface area contributed by atoms with Gasteiger partial charge in [0, 0.05) is 25.3 Å². The van der Waals surface area contributed by atoms with E-state index in [2.05, 4.69) is 4.99 Å². The van der Waals surface area contributed by atoms with Crippen molar-refractivity contribution < 1.29 is 23.4 Å². The second-order valence-electron chi connectivity index (χ2n) is 6.00. The van der Waals surface area contributed by atoms with Gasteiger partial charge >= 0.3 is 0 Å². The number of amides is 1. The number of carbonyl (C=O) groups is 1. The van der Waals surface area contributed by atoms with Crippen LogP contribution in [0.3, 0.4) is 0 Å². The quantitative estimate of drug-likeness (QED) is 0.607. The Bertz CT molecular complexity index is 1060. The summed E-state index contributed by atoms with van der Waals surface area (Å²) in [6, 6.07) is 9.80. The number of carbonyl (C=O) groups excluding carboxylic acids is 1. The zero-order valence-corrected chi connectivity index (χ0v) is 16.7. The average Bonchev–Trinajstić information content (AvgIpc) is 3.02. The lowest BCUT2D eigenvalue weighted by molar-refractivity contribution is -0.117. The zero-order chi connectivity index (χ0) is 20.1. The van der Waals surface area contributed by atoms with Crippen molar-refractivity contribution >= 4 is 27.5 Å². The summed E-state index contributed by atoms with van der Waals surface area (Å²) in [5.74, 6) is 0.567. The highest BCUT2D eigenvalue weighted by atomic mass is 32.1. The van der Waals surface area contributed by atoms with E-state index in [1.54, 1.807) is 45.6 Å². The molecule has 0 spiro atoms. The fraction of sp³-hybridized carbons (Fsp3) is 0.300. The SMILES string of the molecule is COCCn1c(=NC(=O)Cc2ccc(OC)cc2OC)sc2cc(F)ccc21. The standard InChI is InChI=1S/C20H21FN2O4S/c1-25-9-8-23-16-7-5-14(21)11-18(16)28-20(23)22-19(24)10-13-4-6-15(26-2)12-17(13)27-3/h4-7,11-12H,8-10H2,1-3H3. The normalized spacial score (nSPS) is 11.8. The third-order valence-electron chi connectivity index (χ3n) is 4.22. The van der Waals surface area contributed by atoms with E-state index < -0.39 is 0 Å². The minimum atomic E-state index is -0.325. The van der Waals surface area contributed by atoms with E-state index in [0.717, 1.165) is 10.2 Å². The molecule has 2 aromatic carbocycles. The molecule has 28 heavy (non-hydrogen) atoms. The van der Waals surface area contributed by atoms with Crippen molar-refractivity contribution in [3.63, 3.8) is 0 Å². The van der Waals surface area contributed by atoms with Gasteiger partial charge in [-0.15, -0.1) is 0 Å². The fourth-order valence-electron chi connectivity index (χ4n) is 2.84. The van der Waals surface area contributed by atoms with Crippen LogP contribution in [0, 0.1) is 5.82 Å². The molecule has 3 rings (SSSR count). The summed E-state index contributed by atoms with van der Waals surface area (Å²) < 4.78 is 31.8. The molecule has 0 saturated heterocycles. The molecule has 0 aliphatic rings. The third-order valence-corrected chi connectivity index (χ3v) is 5.26. The Morgan fingerprint density at radius 3 is 2.68 bits per heavy atom. The number of ether oxygens (including phenoxy) is 3. The van der Waals surface area contributed by atoms with Crippen molar-refractivity contribution in [3.05, 3.63) is 52.6 Å². The van der Waals surface area contributed by atoms with Gasteiger partial charge in [0.05, 0.1) is 37.5 Å². The molecule has 0 aliphatic heterocycles. The predicted octanol–water partition coefficient (Wildman–Crippen LogP) is 3.18. The van der Waals surface area contributed by atoms with Crippen molar-refractivity contribution in [3.8, 4) is 11.5 Å². The van der Waals surface area contributed by atoms with Crippen molar-refractivity contribution in [1.82, 2.24) is 4.57 Å². The zero-order valence-electron chi connectivity index (χ0n) is 15.9. The number of thiazole rings is 1. The molecular weight excluding hydrogens is 383 g/mol. The summed E-state index contributed by atoms with van der Waals surface area (Å²) >= 11 is 1.27. The average molecular weight is 404 g/mol. The number of halogens is 1. The number of rotatable bonds is 7. The molecule has 0 bridgehead atoms. The maximum absolute atomic E-state index is 13.6. The Morgan fingerprint density at radius 1 is 1.14 bits per heavy atom. The first-order chi connectivity index (χ1) is 13.5. The van der Waals surface area contributed by atoms with Crippen LogP contribution in [0.1, 0.15) is 5.56 Å². The molecule has 0 radical (unpaired) electrons. The predicted molar refractivity (Wildman–Crippen MR) is 105 cm³/mol. The molecule has 8 heteroatoms. The van der Waals surface area contributed by atoms with Crippen molar-refractivity contribution in [2.75, 3.05) is 27.9 Å². The lowest BCUT2D eigenvalue weighted by Gasteiger charge is -2.09. The van der Waals surface area contributed by atoms with E-state index in [1.807, 2.05) is 4.57 Å². The maximum Gasteiger partial charge on any atom is 0.252 e. The first-order valence-corrected chi connectivity index (χ1v) is 9.43. The first-order valence-electron chi connectivity index (χ1n) is 8.62. The first kappa shape index (κ1) is 20.0. The number of aromatic nitrogens is 1. The lowest BCUT2D eigenvalue weighted by Crippen LogP contribution is -2.19. The summed E-state index contributed by atoms with van der Waals surface area (Å²) in [5, 5.41) is 0. The highest BCUT2D eigenvalue weighted by Crippen LogP contribution is 2.25. The molecule has 0 fully saturated rings. The topological polar surface area (TPSA) is 62.1 Å². The van der Waals surface area contributed by atoms with Crippen LogP contribution in [0.15, 0.2) is 41.4 Å². The maximum atomic E-state index is 13.6. The second-order valence-corrected chi connectivity index (χ2v) is 7.01. The van der Waals surface area contributed by atoms with Gasteiger partial charge in [0.2, 0.25) is 0 Å². The number of fused-ring (bicyclic) bond motifs is 1. The van der Waals surface area contributed by atoms with Gasteiger partial charge in [-0.25, -0.2) is 4.39 Å². The smallest absolute Gasteiger partial charge is 0.252 e. The van der Waals surface area contributed by atoms with Crippen LogP contribution in [0.5, 0.6) is 11.5 Å². The van der Waals surface area contributed by atoms with E-state index in [4.69, 9.17) is 14.2 Å². The molecule has 3 aromatic rings. The van der Waals surface area contributed by atoms with Crippen molar-refractivity contribution in [2.45, 2.75) is 13.0 Å². The van der Waals surface area contributed by atoms with E-state index in [1.165, 1.54) is 23.5 Å². The van der Waals surface area contributed by atoms with Crippen LogP contribution >= 0.6 is 11.3 Å². The summed E-state index contributed by atoms with van der Waals surface area (Å²) in [7, 11) is 4.71. The summed E-state index contributed by atoms with van der Waals surface area (Å²) in [6.45, 7) is 0.969. The highest BCUT2D eigenvalue weighted by molar-refractivity contribution is 7.16. The Kier molecular flexibility index (Phi) is 6.43. The second kappa shape index (κ2) is 8.99. The van der Waals surface area contributed by atoms with Gasteiger partial charge in [-0.2, -0.15) is 4.99 Å². The van der Waals surface area contributed by atoms with Crippen LogP contribution < -0.4 is 14.3 Å². The van der Waals surface area contributed by atoms with Crippen LogP contribution in [0.2, 0.25) is 0 Å².